The summed E-state index contributed by atoms with van der Waals surface area (Å²) in [5.74, 6) is 0.975. The minimum atomic E-state index is 0. The van der Waals surface area contributed by atoms with E-state index in [4.69, 9.17) is 4.74 Å². The Hall–Kier alpha value is -0.930. The monoisotopic (exact) mass is 242 g/mol. The van der Waals surface area contributed by atoms with Crippen LogP contribution in [-0.4, -0.2) is 33.3 Å². The zero-order valence-corrected chi connectivity index (χ0v) is 10.6. The summed E-state index contributed by atoms with van der Waals surface area (Å²) >= 11 is 0. The van der Waals surface area contributed by atoms with Crippen LogP contribution in [0.5, 0.6) is 5.75 Å². The van der Waals surface area contributed by atoms with Gasteiger partial charge in [-0.2, -0.15) is 0 Å². The highest BCUT2D eigenvalue weighted by molar-refractivity contribution is 5.85. The van der Waals surface area contributed by atoms with Crippen LogP contribution in [0.25, 0.3) is 0 Å². The minimum absolute atomic E-state index is 0. The normalized spacial score (nSPS) is 15.5. The lowest BCUT2D eigenvalue weighted by Gasteiger charge is -2.30. The number of methoxy groups -OCH3 is 1. The SMILES string of the molecule is COc1ccc(C)cc1N1CCNCC1.Cl. The van der Waals surface area contributed by atoms with Crippen molar-refractivity contribution >= 4 is 18.1 Å². The topological polar surface area (TPSA) is 24.5 Å². The summed E-state index contributed by atoms with van der Waals surface area (Å²) in [6.07, 6.45) is 0. The molecule has 1 aliphatic rings. The maximum absolute atomic E-state index is 5.39. The van der Waals surface area contributed by atoms with Crippen molar-refractivity contribution in [2.75, 3.05) is 38.2 Å². The Kier molecular flexibility index (Phi) is 4.90. The Bertz CT molecular complexity index is 338. The van der Waals surface area contributed by atoms with Gasteiger partial charge in [-0.3, -0.25) is 0 Å². The molecule has 1 aromatic carbocycles. The van der Waals surface area contributed by atoms with E-state index in [1.165, 1.54) is 11.3 Å². The van der Waals surface area contributed by atoms with E-state index in [2.05, 4.69) is 29.3 Å². The third kappa shape index (κ3) is 2.80. The van der Waals surface area contributed by atoms with Gasteiger partial charge in [-0.1, -0.05) is 6.07 Å². The Morgan fingerprint density at radius 3 is 2.56 bits per heavy atom. The summed E-state index contributed by atoms with van der Waals surface area (Å²) in [6.45, 7) is 6.33. The van der Waals surface area contributed by atoms with Crippen LogP contribution in [0.2, 0.25) is 0 Å². The molecule has 0 amide bonds. The first kappa shape index (κ1) is 13.1. The molecule has 2 rings (SSSR count). The van der Waals surface area contributed by atoms with Crippen molar-refractivity contribution in [3.63, 3.8) is 0 Å². The number of halogens is 1. The maximum atomic E-state index is 5.39. The fraction of sp³-hybridized carbons (Fsp3) is 0.500. The molecule has 0 atom stereocenters. The number of ether oxygens (including phenoxy) is 1. The molecule has 0 spiro atoms. The van der Waals surface area contributed by atoms with E-state index >= 15 is 0 Å². The smallest absolute Gasteiger partial charge is 0.142 e. The van der Waals surface area contributed by atoms with Crippen LogP contribution in [0.4, 0.5) is 5.69 Å². The predicted molar refractivity (Wildman–Crippen MR) is 70.1 cm³/mol. The first-order valence-corrected chi connectivity index (χ1v) is 5.41. The molecule has 1 heterocycles. The Balaban J connectivity index is 0.00000128. The number of aryl methyl sites for hydroxylation is 1. The zero-order valence-electron chi connectivity index (χ0n) is 9.82. The molecule has 90 valence electrons. The highest BCUT2D eigenvalue weighted by Crippen LogP contribution is 2.29. The van der Waals surface area contributed by atoms with Gasteiger partial charge in [0.05, 0.1) is 12.8 Å². The van der Waals surface area contributed by atoms with E-state index in [0.717, 1.165) is 31.9 Å². The van der Waals surface area contributed by atoms with Crippen LogP contribution in [-0.2, 0) is 0 Å². The van der Waals surface area contributed by atoms with Crippen molar-refractivity contribution in [2.24, 2.45) is 0 Å². The molecule has 1 saturated heterocycles. The third-order valence-electron chi connectivity index (χ3n) is 2.79. The minimum Gasteiger partial charge on any atom is -0.495 e. The largest absolute Gasteiger partial charge is 0.495 e. The number of piperazine rings is 1. The molecule has 0 aromatic heterocycles. The van der Waals surface area contributed by atoms with Gasteiger partial charge < -0.3 is 15.0 Å². The predicted octanol–water partition coefficient (Wildman–Crippen LogP) is 1.84. The summed E-state index contributed by atoms with van der Waals surface area (Å²) in [5.41, 5.74) is 2.50. The quantitative estimate of drug-likeness (QED) is 0.857. The molecular weight excluding hydrogens is 224 g/mol. The molecule has 16 heavy (non-hydrogen) atoms. The number of nitrogens with one attached hydrogen (secondary N) is 1. The van der Waals surface area contributed by atoms with Crippen molar-refractivity contribution in [3.8, 4) is 5.75 Å². The highest BCUT2D eigenvalue weighted by atomic mass is 35.5. The van der Waals surface area contributed by atoms with E-state index in [9.17, 15) is 0 Å². The lowest BCUT2D eigenvalue weighted by atomic mass is 10.1. The van der Waals surface area contributed by atoms with Crippen molar-refractivity contribution in [2.45, 2.75) is 6.92 Å². The molecule has 1 N–H and O–H groups in total. The Labute approximate surface area is 103 Å². The van der Waals surface area contributed by atoms with Gasteiger partial charge in [0.2, 0.25) is 0 Å². The second kappa shape index (κ2) is 5.97. The Morgan fingerprint density at radius 2 is 1.94 bits per heavy atom. The molecular formula is C12H19ClN2O. The number of nitrogens with zero attached hydrogens (tertiary/aromatic N) is 1. The van der Waals surface area contributed by atoms with Crippen LogP contribution in [0.1, 0.15) is 5.56 Å². The van der Waals surface area contributed by atoms with Crippen LogP contribution < -0.4 is 15.0 Å². The molecule has 0 unspecified atom stereocenters. The summed E-state index contributed by atoms with van der Waals surface area (Å²) in [4.78, 5) is 2.38. The summed E-state index contributed by atoms with van der Waals surface area (Å²) in [6, 6.07) is 6.33. The van der Waals surface area contributed by atoms with Crippen LogP contribution >= 0.6 is 12.4 Å². The van der Waals surface area contributed by atoms with Crippen LogP contribution in [0.15, 0.2) is 18.2 Å². The van der Waals surface area contributed by atoms with Crippen molar-refractivity contribution in [1.29, 1.82) is 0 Å². The van der Waals surface area contributed by atoms with Gasteiger partial charge in [0.15, 0.2) is 0 Å². The van der Waals surface area contributed by atoms with E-state index in [1.54, 1.807) is 7.11 Å². The fourth-order valence-corrected chi connectivity index (χ4v) is 1.95. The summed E-state index contributed by atoms with van der Waals surface area (Å²) in [7, 11) is 1.73. The molecule has 3 nitrogen and oxygen atoms in total. The van der Waals surface area contributed by atoms with Gasteiger partial charge in [0, 0.05) is 26.2 Å². The molecule has 1 fully saturated rings. The van der Waals surface area contributed by atoms with E-state index in [-0.39, 0.29) is 12.4 Å². The molecule has 1 aromatic rings. The fourth-order valence-electron chi connectivity index (χ4n) is 1.95. The van der Waals surface area contributed by atoms with Gasteiger partial charge >= 0.3 is 0 Å². The number of anilines is 1. The lowest BCUT2D eigenvalue weighted by molar-refractivity contribution is 0.413. The van der Waals surface area contributed by atoms with Gasteiger partial charge in [-0.05, 0) is 24.6 Å². The maximum Gasteiger partial charge on any atom is 0.142 e. The van der Waals surface area contributed by atoms with Crippen molar-refractivity contribution in [3.05, 3.63) is 23.8 Å². The molecule has 0 saturated carbocycles. The number of rotatable bonds is 2. The average molecular weight is 243 g/mol. The first-order chi connectivity index (χ1) is 7.31. The lowest BCUT2D eigenvalue weighted by Crippen LogP contribution is -2.43. The summed E-state index contributed by atoms with van der Waals surface area (Å²) in [5, 5.41) is 3.35. The van der Waals surface area contributed by atoms with Gasteiger partial charge in [-0.25, -0.2) is 0 Å². The average Bonchev–Trinajstić information content (AvgIpc) is 2.30. The van der Waals surface area contributed by atoms with Crippen molar-refractivity contribution in [1.82, 2.24) is 5.32 Å². The number of benzene rings is 1. The standard InChI is InChI=1S/C12H18N2O.ClH/c1-10-3-4-12(15-2)11(9-10)14-7-5-13-6-8-14;/h3-4,9,13H,5-8H2,1-2H3;1H. The molecule has 0 aliphatic carbocycles. The van der Waals surface area contributed by atoms with Crippen LogP contribution in [0.3, 0.4) is 0 Å². The highest BCUT2D eigenvalue weighted by Gasteiger charge is 2.14. The van der Waals surface area contributed by atoms with Crippen molar-refractivity contribution < 1.29 is 4.74 Å². The Morgan fingerprint density at radius 1 is 1.25 bits per heavy atom. The van der Waals surface area contributed by atoms with Gasteiger partial charge in [0.1, 0.15) is 5.75 Å². The summed E-state index contributed by atoms with van der Waals surface area (Å²) < 4.78 is 5.39. The molecule has 0 radical (unpaired) electrons. The zero-order chi connectivity index (χ0) is 10.7. The molecule has 1 aliphatic heterocycles. The number of hydrogen-bond donors (Lipinski definition) is 1. The third-order valence-corrected chi connectivity index (χ3v) is 2.79. The van der Waals surface area contributed by atoms with Gasteiger partial charge in [-0.15, -0.1) is 12.4 Å². The van der Waals surface area contributed by atoms with Crippen LogP contribution in [0, 0.1) is 6.92 Å². The second-order valence-electron chi connectivity index (χ2n) is 3.91. The van der Waals surface area contributed by atoms with E-state index in [1.807, 2.05) is 6.07 Å². The van der Waals surface area contributed by atoms with Gasteiger partial charge in [0.25, 0.3) is 0 Å². The second-order valence-corrected chi connectivity index (χ2v) is 3.91. The number of hydrogen-bond acceptors (Lipinski definition) is 3. The van der Waals surface area contributed by atoms with E-state index < -0.39 is 0 Å². The molecule has 0 bridgehead atoms. The first-order valence-electron chi connectivity index (χ1n) is 5.41. The molecule has 4 heteroatoms. The van der Waals surface area contributed by atoms with E-state index in [0.29, 0.717) is 0 Å².